The van der Waals surface area contributed by atoms with E-state index in [1.54, 1.807) is 6.07 Å². The van der Waals surface area contributed by atoms with Gasteiger partial charge in [0, 0.05) is 16.6 Å². The first-order chi connectivity index (χ1) is 9.49. The van der Waals surface area contributed by atoms with E-state index in [-0.39, 0.29) is 22.3 Å². The van der Waals surface area contributed by atoms with Crippen LogP contribution in [0.4, 0.5) is 18.9 Å². The van der Waals surface area contributed by atoms with Gasteiger partial charge in [0.1, 0.15) is 23.1 Å². The first-order valence-corrected chi connectivity index (χ1v) is 6.59. The Morgan fingerprint density at radius 3 is 2.25 bits per heavy atom. The molecule has 2 nitrogen and oxygen atoms in total. The Hall–Kier alpha value is -1.53. The van der Waals surface area contributed by atoms with Gasteiger partial charge in [0.25, 0.3) is 0 Å². The van der Waals surface area contributed by atoms with Crippen LogP contribution < -0.4 is 5.32 Å². The molecule has 0 bridgehead atoms. The number of anilines is 1. The van der Waals surface area contributed by atoms with Crippen LogP contribution in [-0.2, 0) is 0 Å². The Kier molecular flexibility index (Phi) is 4.67. The van der Waals surface area contributed by atoms with Crippen molar-refractivity contribution in [3.05, 3.63) is 63.9 Å². The molecule has 106 valence electrons. The summed E-state index contributed by atoms with van der Waals surface area (Å²) in [5.74, 6) is -2.16. The lowest BCUT2D eigenvalue weighted by molar-refractivity contribution is 0.186. The molecule has 0 spiro atoms. The van der Waals surface area contributed by atoms with Crippen molar-refractivity contribution in [2.24, 2.45) is 0 Å². The van der Waals surface area contributed by atoms with Crippen LogP contribution in [0.3, 0.4) is 0 Å². The van der Waals surface area contributed by atoms with Gasteiger partial charge in [0.05, 0.1) is 6.10 Å². The summed E-state index contributed by atoms with van der Waals surface area (Å²) in [4.78, 5) is 0. The summed E-state index contributed by atoms with van der Waals surface area (Å²) >= 11 is 2.97. The molecule has 2 aromatic rings. The third kappa shape index (κ3) is 3.32. The Balaban J connectivity index is 2.12. The lowest BCUT2D eigenvalue weighted by Gasteiger charge is -2.15. The Bertz CT molecular complexity index is 598. The van der Waals surface area contributed by atoms with Gasteiger partial charge < -0.3 is 10.4 Å². The molecule has 0 radical (unpaired) electrons. The molecule has 2 aromatic carbocycles. The van der Waals surface area contributed by atoms with Gasteiger partial charge in [0.2, 0.25) is 0 Å². The minimum atomic E-state index is -1.21. The van der Waals surface area contributed by atoms with Gasteiger partial charge in [-0.15, -0.1) is 0 Å². The molecule has 0 heterocycles. The quantitative estimate of drug-likeness (QED) is 0.877. The van der Waals surface area contributed by atoms with Crippen LogP contribution in [0.15, 0.2) is 40.9 Å². The highest BCUT2D eigenvalue weighted by Gasteiger charge is 2.15. The summed E-state index contributed by atoms with van der Waals surface area (Å²) in [7, 11) is 0. The second kappa shape index (κ2) is 6.28. The van der Waals surface area contributed by atoms with E-state index in [9.17, 15) is 18.3 Å². The maximum absolute atomic E-state index is 13.6. The van der Waals surface area contributed by atoms with Crippen LogP contribution >= 0.6 is 15.9 Å². The fourth-order valence-electron chi connectivity index (χ4n) is 1.77. The lowest BCUT2D eigenvalue weighted by Crippen LogP contribution is -2.15. The van der Waals surface area contributed by atoms with Gasteiger partial charge in [-0.1, -0.05) is 34.1 Å². The van der Waals surface area contributed by atoms with Gasteiger partial charge in [0.15, 0.2) is 0 Å². The summed E-state index contributed by atoms with van der Waals surface area (Å²) in [5, 5.41) is 12.3. The molecule has 0 amide bonds. The Labute approximate surface area is 122 Å². The second-order valence-corrected chi connectivity index (χ2v) is 5.08. The molecule has 1 unspecified atom stereocenters. The van der Waals surface area contributed by atoms with E-state index in [1.807, 2.05) is 0 Å². The maximum Gasteiger partial charge on any atom is 0.150 e. The summed E-state index contributed by atoms with van der Waals surface area (Å²) in [6.07, 6.45) is -1.21. The van der Waals surface area contributed by atoms with Crippen molar-refractivity contribution in [2.45, 2.75) is 6.10 Å². The number of aliphatic hydroxyl groups is 1. The highest BCUT2D eigenvalue weighted by molar-refractivity contribution is 9.10. The number of nitrogens with one attached hydrogen (secondary N) is 1. The maximum atomic E-state index is 13.6. The Morgan fingerprint density at radius 1 is 1.05 bits per heavy atom. The Morgan fingerprint density at radius 2 is 1.65 bits per heavy atom. The zero-order valence-electron chi connectivity index (χ0n) is 10.2. The van der Waals surface area contributed by atoms with Crippen LogP contribution in [-0.4, -0.2) is 11.7 Å². The second-order valence-electron chi connectivity index (χ2n) is 4.16. The van der Waals surface area contributed by atoms with Gasteiger partial charge in [-0.25, -0.2) is 13.2 Å². The topological polar surface area (TPSA) is 32.3 Å². The summed E-state index contributed by atoms with van der Waals surface area (Å²) in [5.41, 5.74) is -0.290. The highest BCUT2D eigenvalue weighted by atomic mass is 79.9. The SMILES string of the molecule is OC(CNc1c(F)cc(Br)cc1F)c1ccccc1F. The summed E-state index contributed by atoms with van der Waals surface area (Å²) in [6, 6.07) is 7.88. The van der Waals surface area contributed by atoms with E-state index in [2.05, 4.69) is 21.2 Å². The molecule has 0 saturated carbocycles. The third-order valence-electron chi connectivity index (χ3n) is 2.74. The normalized spacial score (nSPS) is 12.2. The van der Waals surface area contributed by atoms with E-state index in [4.69, 9.17) is 0 Å². The van der Waals surface area contributed by atoms with E-state index in [1.165, 1.54) is 18.2 Å². The van der Waals surface area contributed by atoms with Crippen molar-refractivity contribution in [3.63, 3.8) is 0 Å². The van der Waals surface area contributed by atoms with Crippen LogP contribution in [0.5, 0.6) is 0 Å². The van der Waals surface area contributed by atoms with Crippen LogP contribution in [0.2, 0.25) is 0 Å². The molecule has 0 aromatic heterocycles. The highest BCUT2D eigenvalue weighted by Crippen LogP contribution is 2.25. The number of hydrogen-bond acceptors (Lipinski definition) is 2. The van der Waals surface area contributed by atoms with Gasteiger partial charge >= 0.3 is 0 Å². The van der Waals surface area contributed by atoms with Crippen LogP contribution in [0.1, 0.15) is 11.7 Å². The van der Waals surface area contributed by atoms with Crippen molar-refractivity contribution in [1.29, 1.82) is 0 Å². The lowest BCUT2D eigenvalue weighted by atomic mass is 10.1. The van der Waals surface area contributed by atoms with Crippen molar-refractivity contribution in [2.75, 3.05) is 11.9 Å². The van der Waals surface area contributed by atoms with Gasteiger partial charge in [-0.2, -0.15) is 0 Å². The van der Waals surface area contributed by atoms with Gasteiger partial charge in [-0.05, 0) is 18.2 Å². The molecule has 6 heteroatoms. The molecule has 2 N–H and O–H groups in total. The van der Waals surface area contributed by atoms with E-state index >= 15 is 0 Å². The molecular weight excluding hydrogens is 335 g/mol. The molecule has 1 atom stereocenters. The van der Waals surface area contributed by atoms with Crippen molar-refractivity contribution >= 4 is 21.6 Å². The fourth-order valence-corrected chi connectivity index (χ4v) is 2.17. The molecule has 0 saturated heterocycles. The van der Waals surface area contributed by atoms with Crippen molar-refractivity contribution in [1.82, 2.24) is 0 Å². The summed E-state index contributed by atoms with van der Waals surface area (Å²) in [6.45, 7) is -0.212. The van der Waals surface area contributed by atoms with Crippen LogP contribution in [0, 0.1) is 17.5 Å². The standard InChI is InChI=1S/C14H11BrF3NO/c15-8-5-11(17)14(12(18)6-8)19-7-13(20)9-3-1-2-4-10(9)16/h1-6,13,19-20H,7H2. The number of aliphatic hydroxyl groups excluding tert-OH is 1. The smallest absolute Gasteiger partial charge is 0.150 e. The third-order valence-corrected chi connectivity index (χ3v) is 3.20. The molecule has 2 rings (SSSR count). The predicted octanol–water partition coefficient (Wildman–Crippen LogP) is 4.01. The molecule has 0 fully saturated rings. The summed E-state index contributed by atoms with van der Waals surface area (Å²) < 4.78 is 40.8. The van der Waals surface area contributed by atoms with Gasteiger partial charge in [-0.3, -0.25) is 0 Å². The zero-order valence-corrected chi connectivity index (χ0v) is 11.8. The number of rotatable bonds is 4. The van der Waals surface area contributed by atoms with Crippen LogP contribution in [0.25, 0.3) is 0 Å². The molecular formula is C14H11BrF3NO. The van der Waals surface area contributed by atoms with Crippen molar-refractivity contribution in [3.8, 4) is 0 Å². The number of hydrogen-bond donors (Lipinski definition) is 2. The minimum absolute atomic E-state index is 0.0675. The first kappa shape index (κ1) is 14.9. The molecule has 20 heavy (non-hydrogen) atoms. The zero-order chi connectivity index (χ0) is 14.7. The average Bonchev–Trinajstić information content (AvgIpc) is 2.37. The minimum Gasteiger partial charge on any atom is -0.386 e. The van der Waals surface area contributed by atoms with E-state index in [0.717, 1.165) is 12.1 Å². The van der Waals surface area contributed by atoms with E-state index < -0.39 is 23.6 Å². The average molecular weight is 346 g/mol. The molecule has 0 aliphatic carbocycles. The number of benzene rings is 2. The van der Waals surface area contributed by atoms with Crippen molar-refractivity contribution < 1.29 is 18.3 Å². The first-order valence-electron chi connectivity index (χ1n) is 5.80. The molecule has 0 aliphatic rings. The molecule has 0 aliphatic heterocycles. The monoisotopic (exact) mass is 345 g/mol. The predicted molar refractivity (Wildman–Crippen MR) is 73.9 cm³/mol. The number of halogens is 4. The fraction of sp³-hybridized carbons (Fsp3) is 0.143. The van der Waals surface area contributed by atoms with E-state index in [0.29, 0.717) is 0 Å². The largest absolute Gasteiger partial charge is 0.386 e.